The molecule has 0 amide bonds. The molecule has 1 aromatic heterocycles. The molecule has 1 heterocycles. The van der Waals surface area contributed by atoms with Crippen molar-refractivity contribution in [1.29, 1.82) is 0 Å². The maximum atomic E-state index is 6.29. The van der Waals surface area contributed by atoms with Crippen LogP contribution < -0.4 is 0 Å². The first-order valence-electron chi connectivity index (χ1n) is 17.6. The number of fused-ring (bicyclic) bond motifs is 5. The maximum absolute atomic E-state index is 6.29. The van der Waals surface area contributed by atoms with Crippen molar-refractivity contribution in [2.45, 2.75) is 47.0 Å². The summed E-state index contributed by atoms with van der Waals surface area (Å²) in [6, 6.07) is 47.5. The number of hydrogen-bond donors (Lipinski definition) is 0. The van der Waals surface area contributed by atoms with Crippen LogP contribution in [0.4, 0.5) is 0 Å². The van der Waals surface area contributed by atoms with Gasteiger partial charge in [-0.2, -0.15) is 0 Å². The number of aryl methyl sites for hydroxylation is 2. The number of para-hydroxylation sites is 1. The van der Waals surface area contributed by atoms with Crippen LogP contribution in [0.1, 0.15) is 49.9 Å². The van der Waals surface area contributed by atoms with E-state index in [1.165, 1.54) is 77.6 Å². The molecule has 0 saturated carbocycles. The third kappa shape index (κ3) is 5.94. The summed E-state index contributed by atoms with van der Waals surface area (Å²) >= 11 is 0. The monoisotopic (exact) mass is 648 g/mol. The second kappa shape index (κ2) is 13.7. The van der Waals surface area contributed by atoms with Gasteiger partial charge in [-0.3, -0.25) is 0 Å². The molecule has 0 saturated heterocycles. The Morgan fingerprint density at radius 1 is 0.560 bits per heavy atom. The third-order valence-corrected chi connectivity index (χ3v) is 10.2. The summed E-state index contributed by atoms with van der Waals surface area (Å²) in [6.07, 6.45) is 8.66. The molecule has 246 valence electrons. The Morgan fingerprint density at radius 2 is 1.12 bits per heavy atom. The highest BCUT2D eigenvalue weighted by atomic mass is 16.3. The molecule has 1 heteroatoms. The van der Waals surface area contributed by atoms with Gasteiger partial charge in [0.2, 0.25) is 0 Å². The van der Waals surface area contributed by atoms with Crippen LogP contribution in [0.15, 0.2) is 168 Å². The Hall–Kier alpha value is -5.66. The SMILES string of the molecule is C/C=C/C=C1\C(=C/C)c2c(ccc3c2oc2ccccc23)C1(C)C.Cc1ccc(-c2ccccc2)cc1-c1cc(-c2ccccc2)ccc1C. The first-order valence-corrected chi connectivity index (χ1v) is 17.6. The van der Waals surface area contributed by atoms with Crippen molar-refractivity contribution in [1.82, 2.24) is 0 Å². The van der Waals surface area contributed by atoms with E-state index < -0.39 is 0 Å². The number of rotatable bonds is 4. The second-order valence-corrected chi connectivity index (χ2v) is 13.7. The predicted octanol–water partition coefficient (Wildman–Crippen LogP) is 14.1. The van der Waals surface area contributed by atoms with Gasteiger partial charge in [0.1, 0.15) is 11.2 Å². The fourth-order valence-electron chi connectivity index (χ4n) is 7.43. The molecule has 0 fully saturated rings. The average Bonchev–Trinajstić information content (AvgIpc) is 3.63. The van der Waals surface area contributed by atoms with E-state index in [4.69, 9.17) is 4.42 Å². The van der Waals surface area contributed by atoms with Gasteiger partial charge in [-0.1, -0.05) is 153 Å². The first kappa shape index (κ1) is 32.9. The minimum atomic E-state index is -0.0240. The Labute approximate surface area is 296 Å². The number of allylic oxidation sites excluding steroid dienone is 6. The molecule has 0 aliphatic heterocycles. The Bertz CT molecular complexity index is 2330. The van der Waals surface area contributed by atoms with Crippen LogP contribution in [0, 0.1) is 13.8 Å². The predicted molar refractivity (Wildman–Crippen MR) is 216 cm³/mol. The molecule has 0 spiro atoms. The zero-order valence-corrected chi connectivity index (χ0v) is 29.9. The van der Waals surface area contributed by atoms with Crippen LogP contribution in [-0.4, -0.2) is 0 Å². The lowest BCUT2D eigenvalue weighted by molar-refractivity contribution is 0.651. The molecule has 1 nitrogen and oxygen atoms in total. The van der Waals surface area contributed by atoms with Gasteiger partial charge in [-0.05, 0) is 107 Å². The lowest BCUT2D eigenvalue weighted by atomic mass is 9.82. The summed E-state index contributed by atoms with van der Waals surface area (Å²) in [6.45, 7) is 13.2. The molecule has 0 radical (unpaired) electrons. The van der Waals surface area contributed by atoms with Crippen molar-refractivity contribution in [3.63, 3.8) is 0 Å². The first-order chi connectivity index (χ1) is 24.3. The normalized spacial score (nSPS) is 15.2. The van der Waals surface area contributed by atoms with Crippen molar-refractivity contribution in [3.05, 3.63) is 186 Å². The number of furan rings is 1. The molecule has 50 heavy (non-hydrogen) atoms. The van der Waals surface area contributed by atoms with Crippen molar-refractivity contribution in [2.24, 2.45) is 0 Å². The van der Waals surface area contributed by atoms with Gasteiger partial charge in [-0.15, -0.1) is 0 Å². The molecular formula is C49H44O. The van der Waals surface area contributed by atoms with Gasteiger partial charge >= 0.3 is 0 Å². The average molecular weight is 649 g/mol. The van der Waals surface area contributed by atoms with E-state index in [-0.39, 0.29) is 5.41 Å². The van der Waals surface area contributed by atoms with E-state index in [0.717, 1.165) is 11.2 Å². The Kier molecular flexibility index (Phi) is 9.00. The highest BCUT2D eigenvalue weighted by molar-refractivity contribution is 6.11. The molecule has 8 rings (SSSR count). The summed E-state index contributed by atoms with van der Waals surface area (Å²) < 4.78 is 6.29. The van der Waals surface area contributed by atoms with Gasteiger partial charge in [0.05, 0.1) is 0 Å². The molecule has 0 unspecified atom stereocenters. The topological polar surface area (TPSA) is 13.1 Å². The van der Waals surface area contributed by atoms with Gasteiger partial charge in [0, 0.05) is 21.8 Å². The molecule has 1 aliphatic rings. The van der Waals surface area contributed by atoms with Crippen molar-refractivity contribution in [3.8, 4) is 33.4 Å². The quantitative estimate of drug-likeness (QED) is 0.185. The summed E-state index contributed by atoms with van der Waals surface area (Å²) in [5, 5.41) is 2.39. The van der Waals surface area contributed by atoms with E-state index in [1.807, 2.05) is 12.1 Å². The number of hydrogen-bond acceptors (Lipinski definition) is 1. The van der Waals surface area contributed by atoms with Gasteiger partial charge in [0.25, 0.3) is 0 Å². The van der Waals surface area contributed by atoms with Crippen LogP contribution in [0.5, 0.6) is 0 Å². The van der Waals surface area contributed by atoms with E-state index in [2.05, 4.69) is 187 Å². The standard InChI is InChI=1S/C26H22.C23H22O/c1-19-13-15-23(21-9-5-3-6-10-21)17-25(19)26-18-24(16-14-20(26)2)22-11-7-4-8-12-22;1-5-7-11-18-15(6-2)21-19(23(18,3)4)14-13-17-16-10-8-9-12-20(16)24-22(17)21/h3-18H,1-2H3;5-14H,1-4H3/b;7-5+,15-6+,18-11+. The van der Waals surface area contributed by atoms with Crippen molar-refractivity contribution < 1.29 is 4.42 Å². The summed E-state index contributed by atoms with van der Waals surface area (Å²) in [4.78, 5) is 0. The minimum Gasteiger partial charge on any atom is -0.455 e. The lowest BCUT2D eigenvalue weighted by Crippen LogP contribution is -2.14. The molecule has 0 bridgehead atoms. The smallest absolute Gasteiger partial charge is 0.143 e. The zero-order valence-electron chi connectivity index (χ0n) is 29.9. The van der Waals surface area contributed by atoms with Crippen LogP contribution in [0.25, 0.3) is 60.9 Å². The molecule has 7 aromatic rings. The highest BCUT2D eigenvalue weighted by Crippen LogP contribution is 2.53. The highest BCUT2D eigenvalue weighted by Gasteiger charge is 2.39. The number of benzene rings is 6. The summed E-state index contributed by atoms with van der Waals surface area (Å²) in [5.41, 5.74) is 17.4. The van der Waals surface area contributed by atoms with E-state index in [1.54, 1.807) is 0 Å². The van der Waals surface area contributed by atoms with Crippen molar-refractivity contribution >= 4 is 27.5 Å². The molecule has 0 atom stereocenters. The fourth-order valence-corrected chi connectivity index (χ4v) is 7.43. The molecule has 1 aliphatic carbocycles. The van der Waals surface area contributed by atoms with E-state index in [0.29, 0.717) is 0 Å². The van der Waals surface area contributed by atoms with E-state index in [9.17, 15) is 0 Å². The van der Waals surface area contributed by atoms with Crippen LogP contribution in [0.2, 0.25) is 0 Å². The Morgan fingerprint density at radius 3 is 1.68 bits per heavy atom. The van der Waals surface area contributed by atoms with Crippen LogP contribution in [0.3, 0.4) is 0 Å². The fraction of sp³-hybridized carbons (Fsp3) is 0.143. The molecule has 6 aromatic carbocycles. The maximum Gasteiger partial charge on any atom is 0.143 e. The Balaban J connectivity index is 0.000000157. The van der Waals surface area contributed by atoms with Gasteiger partial charge < -0.3 is 4.42 Å². The van der Waals surface area contributed by atoms with Crippen LogP contribution in [-0.2, 0) is 5.41 Å². The van der Waals surface area contributed by atoms with E-state index >= 15 is 0 Å². The summed E-state index contributed by atoms with van der Waals surface area (Å²) in [7, 11) is 0. The third-order valence-electron chi connectivity index (χ3n) is 10.2. The zero-order chi connectivity index (χ0) is 34.8. The second-order valence-electron chi connectivity index (χ2n) is 13.7. The molecule has 0 N–H and O–H groups in total. The molecular weight excluding hydrogens is 605 g/mol. The minimum absolute atomic E-state index is 0.0240. The lowest BCUT2D eigenvalue weighted by Gasteiger charge is -2.21. The van der Waals surface area contributed by atoms with Gasteiger partial charge in [0.15, 0.2) is 0 Å². The largest absolute Gasteiger partial charge is 0.455 e. The van der Waals surface area contributed by atoms with Gasteiger partial charge in [-0.25, -0.2) is 0 Å². The van der Waals surface area contributed by atoms with Crippen LogP contribution >= 0.6 is 0 Å². The summed E-state index contributed by atoms with van der Waals surface area (Å²) in [5.74, 6) is 0. The van der Waals surface area contributed by atoms with Crippen molar-refractivity contribution in [2.75, 3.05) is 0 Å².